The van der Waals surface area contributed by atoms with E-state index in [9.17, 15) is 11.3 Å². The van der Waals surface area contributed by atoms with Crippen LogP contribution in [-0.4, -0.2) is 32.6 Å². The molecule has 23 aromatic carbocycles. The minimum atomic E-state index is -1.90. The van der Waals surface area contributed by atoms with E-state index in [0.29, 0.717) is 60.6 Å². The monoisotopic (exact) mass is 2300 g/mol. The van der Waals surface area contributed by atoms with E-state index in [1.807, 2.05) is 140 Å². The summed E-state index contributed by atoms with van der Waals surface area (Å²) in [5.41, 5.74) is 20.5. The van der Waals surface area contributed by atoms with Crippen LogP contribution in [0.5, 0.6) is 0 Å². The second kappa shape index (κ2) is 43.1. The van der Waals surface area contributed by atoms with Gasteiger partial charge in [0.15, 0.2) is 5.78 Å². The maximum Gasteiger partial charge on any atom is 0.488 e. The maximum atomic E-state index is 12.8. The lowest BCUT2D eigenvalue weighted by molar-refractivity contribution is 0.104. The molecular weight excluding hydrogens is 2190 g/mol. The van der Waals surface area contributed by atoms with Crippen LogP contribution in [0.1, 0.15) is 95.2 Å². The summed E-state index contributed by atoms with van der Waals surface area (Å²) in [5, 5.41) is 37.7. The molecule has 6 nitrogen and oxygen atoms in total. The van der Waals surface area contributed by atoms with Gasteiger partial charge in [-0.25, -0.2) is 0 Å². The van der Waals surface area contributed by atoms with Crippen molar-refractivity contribution in [1.29, 1.82) is 0 Å². The number of halogens is 6. The summed E-state index contributed by atoms with van der Waals surface area (Å²) in [6, 6.07) is 113. The number of fused-ring (bicyclic) bond motifs is 21. The van der Waals surface area contributed by atoms with Crippen molar-refractivity contribution in [3.63, 3.8) is 0 Å². The number of benzene rings is 23. The van der Waals surface area contributed by atoms with E-state index in [4.69, 9.17) is 41.6 Å². The number of aliphatic hydroxyl groups is 1. The standard InChI is InChI=1S/C30H22N2.C29H19BrO.C29H17Br.C16H11Br.C13H7BrO.C10H6Br2.C6H7BO2.CH4/c1-3-9-22(10-4-1)23-15-17-24(18-16-23)31-25-19-20-30-28(21-25)27-13-7-8-14-29(27)32(30)26-11-5-2-6-12-26;30-26-18-8-17-25-28(26)22-13-4-5-15-23(22)29(25,31)24-16-7-12-20-11-6-14-21(27(20)24)19-9-2-1-3-10-19;30-26-17-7-16-25-28(26)21-11-2-4-14-23(21)29(25)22-13-3-1-10-19(22)20-12-5-8-18-9-6-15-24(29)27(18)20;17-15-11-5-9-13-8-4-10-14(16(13)15)12-6-2-1-3-7-12;14-11-7-3-6-10-12(11)8-4-1-2-5-9(8)13(10)15;11-8-5-1-3-7-4-2-6-9(12)10(7)8;8-7(9)6-4-2-1-3-5-6;/h1-21,31H;1-18,31H;1-17H;1-11H;1-7H;1-6H;1-5,8-9H;1H4/i;6D,7D,11D,12D,14D,16D;5D,6D,8D,9D,12D,15D;4D,5D,8D,9D,10D,11D;;1D,2D,3D,4D,5D,6D;;. The molecule has 1 heterocycles. The second-order valence-corrected chi connectivity index (χ2v) is 39.2. The molecule has 0 saturated heterocycles. The number of ketones is 1. The van der Waals surface area contributed by atoms with Crippen LogP contribution in [0, 0.1) is 0 Å². The summed E-state index contributed by atoms with van der Waals surface area (Å²) in [7, 11) is -1.34. The molecule has 0 saturated carbocycles. The van der Waals surface area contributed by atoms with Gasteiger partial charge in [0.25, 0.3) is 0 Å². The Balaban J connectivity index is 0.000000117. The highest BCUT2D eigenvalue weighted by Gasteiger charge is 2.51. The zero-order chi connectivity index (χ0) is 120. The molecule has 708 valence electrons. The Kier molecular flexibility index (Phi) is 21.5. The third kappa shape index (κ3) is 18.6. The molecule has 0 aliphatic heterocycles. The minimum Gasteiger partial charge on any atom is -0.423 e. The van der Waals surface area contributed by atoms with Gasteiger partial charge in [0.2, 0.25) is 0 Å². The van der Waals surface area contributed by atoms with Crippen LogP contribution >= 0.6 is 95.6 Å². The quantitative estimate of drug-likeness (QED) is 0.114. The Labute approximate surface area is 939 Å². The largest absolute Gasteiger partial charge is 0.488 e. The van der Waals surface area contributed by atoms with Crippen molar-refractivity contribution < 1.29 is 52.8 Å². The predicted molar refractivity (Wildman–Crippen MR) is 637 cm³/mol. The van der Waals surface area contributed by atoms with E-state index in [-0.39, 0.29) is 204 Å². The Morgan fingerprint density at radius 2 is 0.646 bits per heavy atom. The van der Waals surface area contributed by atoms with Crippen LogP contribution in [-0.2, 0) is 11.0 Å². The summed E-state index contributed by atoms with van der Waals surface area (Å²) in [5.74, 6) is 0.127. The summed E-state index contributed by atoms with van der Waals surface area (Å²) >= 11 is 20.5. The second-order valence-electron chi connectivity index (χ2n) is 34.3. The van der Waals surface area contributed by atoms with E-state index in [1.165, 1.54) is 38.6 Å². The van der Waals surface area contributed by atoms with Crippen molar-refractivity contribution in [3.05, 3.63) is 592 Å². The number of hydrogen-bond acceptors (Lipinski definition) is 5. The lowest BCUT2D eigenvalue weighted by Gasteiger charge is -2.40. The topological polar surface area (TPSA) is 94.7 Å². The summed E-state index contributed by atoms with van der Waals surface area (Å²) < 4.78 is 206. The van der Waals surface area contributed by atoms with Crippen molar-refractivity contribution in [3.8, 4) is 83.6 Å². The Bertz CT molecular complexity index is 10500. The first kappa shape index (κ1) is 73.3. The highest BCUT2D eigenvalue weighted by Crippen LogP contribution is 2.63. The van der Waals surface area contributed by atoms with Crippen LogP contribution in [0.25, 0.3) is 148 Å². The molecule has 1 spiro atoms. The number of carbonyl (C=O) groups is 1. The van der Waals surface area contributed by atoms with Crippen LogP contribution in [0.3, 0.4) is 0 Å². The van der Waals surface area contributed by atoms with Gasteiger partial charge in [0, 0.05) is 110 Å². The molecule has 28 rings (SSSR count). The van der Waals surface area contributed by atoms with Gasteiger partial charge in [-0.05, 0) is 206 Å². The molecule has 0 amide bonds. The van der Waals surface area contributed by atoms with Gasteiger partial charge < -0.3 is 25.0 Å². The average Bonchev–Trinajstić information content (AvgIpc) is 1.46. The molecule has 0 radical (unpaired) electrons. The van der Waals surface area contributed by atoms with E-state index in [0.717, 1.165) is 91.6 Å². The Morgan fingerprint density at radius 1 is 0.265 bits per heavy atom. The van der Waals surface area contributed by atoms with Crippen molar-refractivity contribution >= 4 is 190 Å². The molecule has 0 fully saturated rings. The molecule has 4 N–H and O–H groups in total. The normalized spacial score (nSPS) is 15.8. The van der Waals surface area contributed by atoms with Gasteiger partial charge in [-0.2, -0.15) is 0 Å². The fourth-order valence-corrected chi connectivity index (χ4v) is 23.3. The molecule has 24 aromatic rings. The average molecular weight is 2310 g/mol. The first-order chi connectivity index (χ1) is 81.6. The molecule has 4 aliphatic rings. The lowest BCUT2D eigenvalue weighted by Crippen LogP contribution is -2.31. The third-order valence-corrected chi connectivity index (χ3v) is 29.9. The molecule has 13 heteroatoms. The number of nitrogens with one attached hydrogen (secondary N) is 1. The van der Waals surface area contributed by atoms with E-state index >= 15 is 0 Å². The van der Waals surface area contributed by atoms with Gasteiger partial charge in [0.1, 0.15) is 5.60 Å². The first-order valence-electron chi connectivity index (χ1n) is 58.3. The number of aromatic nitrogens is 1. The maximum absolute atomic E-state index is 12.8. The lowest BCUT2D eigenvalue weighted by atomic mass is 9.61. The highest BCUT2D eigenvalue weighted by molar-refractivity contribution is 9.11. The fraction of sp³-hybridized carbons (Fsp3) is 0.0224. The SMILES string of the molecule is C.O=C1c2ccccc2-c2c(Br)cccc21.OB(O)c1ccccc1.[2H]c1c([2H])c(-c2ccccc2)c2c(C3(O)c4ccccc4-c4c(Br)cccc43)c([2H])c([2H])c([2H])c2c1[2H].[2H]c1c([2H])c(Br)c2c(-c3ccccc3)c([2H])c([2H])c([2H])c2c1[2H].[2H]c1c([2H])c(Br)c2c(Br)c([2H])c([2H])c([2H])c2c1[2H].[2H]c1c([2H])c2c3c(c([2H])c([2H])c([2H])c3c1[2H])C1(c3ccccc3-c3c(Br)cccc31)c1ccccc1-2.c1ccc(-c2ccc(Nc3ccc4c(c3)c3ccccc3n4-c3ccccc3)cc2)cc1. The third-order valence-electron chi connectivity index (χ3n) is 26.1. The summed E-state index contributed by atoms with van der Waals surface area (Å²) in [4.78, 5) is 12.0. The Morgan fingerprint density at radius 3 is 1.22 bits per heavy atom. The fourth-order valence-electron chi connectivity index (χ4n) is 19.8. The zero-order valence-corrected chi connectivity index (χ0v) is 86.3. The van der Waals surface area contributed by atoms with Crippen LogP contribution < -0.4 is 10.8 Å². The van der Waals surface area contributed by atoms with Gasteiger partial charge in [-0.3, -0.25) is 4.79 Å². The zero-order valence-electron chi connectivity index (χ0n) is 101. The van der Waals surface area contributed by atoms with Crippen LogP contribution in [0.2, 0.25) is 0 Å². The van der Waals surface area contributed by atoms with E-state index in [2.05, 4.69) is 239 Å². The molecule has 0 bridgehead atoms. The van der Waals surface area contributed by atoms with Gasteiger partial charge in [0.05, 0.1) is 49.3 Å². The van der Waals surface area contributed by atoms with Gasteiger partial charge in [-0.1, -0.05) is 533 Å². The van der Waals surface area contributed by atoms with Crippen molar-refractivity contribution in [1.82, 2.24) is 4.57 Å². The Hall–Kier alpha value is -14.8. The van der Waals surface area contributed by atoms with E-state index in [1.54, 1.807) is 97.1 Å². The van der Waals surface area contributed by atoms with Gasteiger partial charge in [-0.15, -0.1) is 0 Å². The molecule has 1 aromatic heterocycles. The number of carbonyl (C=O) groups excluding carboxylic acids is 1. The smallest absolute Gasteiger partial charge is 0.423 e. The number of rotatable bonds is 8. The molecular formula is C134H93BBr6N2O4. The molecule has 2 unspecified atom stereocenters. The predicted octanol–water partition coefficient (Wildman–Crippen LogP) is 37.0. The number of hydrogen-bond donors (Lipinski definition) is 4. The minimum absolute atomic E-state index is 0. The molecule has 2 atom stereocenters. The summed E-state index contributed by atoms with van der Waals surface area (Å²) in [6.45, 7) is 0. The van der Waals surface area contributed by atoms with Crippen LogP contribution in [0.4, 0.5) is 11.4 Å². The number of para-hydroxylation sites is 2. The van der Waals surface area contributed by atoms with Crippen molar-refractivity contribution in [2.75, 3.05) is 5.32 Å². The van der Waals surface area contributed by atoms with Crippen LogP contribution in [0.15, 0.2) is 542 Å². The number of nitrogens with zero attached hydrogens (tertiary/aromatic N) is 1. The summed E-state index contributed by atoms with van der Waals surface area (Å²) in [6.07, 6.45) is 0. The highest BCUT2D eigenvalue weighted by atomic mass is 79.9. The first-order valence-corrected chi connectivity index (χ1v) is 51.0. The van der Waals surface area contributed by atoms with E-state index < -0.39 is 24.2 Å². The van der Waals surface area contributed by atoms with Crippen molar-refractivity contribution in [2.45, 2.75) is 18.4 Å². The molecule has 4 aliphatic carbocycles. The number of anilines is 2. The van der Waals surface area contributed by atoms with Gasteiger partial charge >= 0.3 is 7.12 Å². The molecule has 147 heavy (non-hydrogen) atoms. The van der Waals surface area contributed by atoms with Crippen molar-refractivity contribution in [2.24, 2.45) is 0 Å².